The molecule has 5 nitrogen and oxygen atoms in total. The van der Waals surface area contributed by atoms with Gasteiger partial charge in [0.2, 0.25) is 5.91 Å². The highest BCUT2D eigenvalue weighted by molar-refractivity contribution is 5.82. The topological polar surface area (TPSA) is 70.2 Å². The van der Waals surface area contributed by atoms with E-state index < -0.39 is 0 Å². The van der Waals surface area contributed by atoms with Crippen molar-refractivity contribution in [2.75, 3.05) is 13.6 Å². The molecular formula is C8H17N3O2. The predicted molar refractivity (Wildman–Crippen MR) is 49.7 cm³/mol. The molecule has 0 aromatic heterocycles. The molecule has 0 aromatic carbocycles. The second-order valence-electron chi connectivity index (χ2n) is 2.73. The molecule has 0 spiro atoms. The Morgan fingerprint density at radius 3 is 2.31 bits per heavy atom. The maximum Gasteiger partial charge on any atom is 0.252 e. The summed E-state index contributed by atoms with van der Waals surface area (Å²) in [5, 5.41) is 2.67. The van der Waals surface area contributed by atoms with Crippen LogP contribution in [-0.4, -0.2) is 25.4 Å². The van der Waals surface area contributed by atoms with E-state index in [1.165, 1.54) is 0 Å². The molecule has 2 amide bonds. The van der Waals surface area contributed by atoms with Gasteiger partial charge in [0, 0.05) is 6.42 Å². The highest BCUT2D eigenvalue weighted by Crippen LogP contribution is 1.91. The van der Waals surface area contributed by atoms with E-state index in [-0.39, 0.29) is 18.4 Å². The average molecular weight is 187 g/mol. The van der Waals surface area contributed by atoms with E-state index in [4.69, 9.17) is 0 Å². The van der Waals surface area contributed by atoms with Crippen molar-refractivity contribution in [3.8, 4) is 0 Å². The van der Waals surface area contributed by atoms with Crippen molar-refractivity contribution in [3.63, 3.8) is 0 Å². The summed E-state index contributed by atoms with van der Waals surface area (Å²) in [6, 6.07) is 0. The van der Waals surface area contributed by atoms with E-state index >= 15 is 0 Å². The lowest BCUT2D eigenvalue weighted by atomic mass is 10.2. The molecule has 0 radical (unpaired) electrons. The highest BCUT2D eigenvalue weighted by Gasteiger charge is 2.01. The number of rotatable bonds is 5. The molecule has 0 aliphatic heterocycles. The molecular weight excluding hydrogens is 170 g/mol. The number of carbonyl (C=O) groups is 2. The molecule has 3 N–H and O–H groups in total. The predicted octanol–water partition coefficient (Wildman–Crippen LogP) is -0.457. The van der Waals surface area contributed by atoms with Crippen LogP contribution in [0.25, 0.3) is 0 Å². The fraction of sp³-hybridized carbons (Fsp3) is 0.750. The van der Waals surface area contributed by atoms with Crippen molar-refractivity contribution in [1.29, 1.82) is 0 Å². The van der Waals surface area contributed by atoms with Gasteiger partial charge in [-0.15, -0.1) is 0 Å². The van der Waals surface area contributed by atoms with Crippen molar-refractivity contribution < 1.29 is 9.59 Å². The van der Waals surface area contributed by atoms with Gasteiger partial charge in [-0.2, -0.15) is 0 Å². The largest absolute Gasteiger partial charge is 0.311 e. The Hall–Kier alpha value is -1.10. The fourth-order valence-electron chi connectivity index (χ4n) is 0.744. The van der Waals surface area contributed by atoms with Gasteiger partial charge in [0.05, 0.1) is 6.54 Å². The summed E-state index contributed by atoms with van der Waals surface area (Å²) < 4.78 is 0. The number of amides is 2. The van der Waals surface area contributed by atoms with Gasteiger partial charge in [0.25, 0.3) is 5.91 Å². The third kappa shape index (κ3) is 7.27. The zero-order valence-corrected chi connectivity index (χ0v) is 8.14. The summed E-state index contributed by atoms with van der Waals surface area (Å²) in [4.78, 5) is 21.8. The number of hydrogen-bond acceptors (Lipinski definition) is 3. The van der Waals surface area contributed by atoms with Crippen LogP contribution in [0.1, 0.15) is 26.2 Å². The molecule has 0 fully saturated rings. The lowest BCUT2D eigenvalue weighted by Gasteiger charge is -2.05. The first-order chi connectivity index (χ1) is 6.20. The Bertz CT molecular complexity index is 171. The fourth-order valence-corrected chi connectivity index (χ4v) is 0.744. The molecule has 5 heteroatoms. The van der Waals surface area contributed by atoms with Crippen LogP contribution >= 0.6 is 0 Å². The molecule has 0 saturated carbocycles. The zero-order valence-electron chi connectivity index (χ0n) is 8.14. The highest BCUT2D eigenvalue weighted by atomic mass is 16.2. The van der Waals surface area contributed by atoms with E-state index in [0.29, 0.717) is 6.42 Å². The van der Waals surface area contributed by atoms with Crippen LogP contribution < -0.4 is 16.2 Å². The molecule has 0 saturated heterocycles. The number of unbranched alkanes of at least 4 members (excludes halogenated alkanes) is 1. The first kappa shape index (κ1) is 11.9. The van der Waals surface area contributed by atoms with Gasteiger partial charge in [-0.05, 0) is 13.5 Å². The average Bonchev–Trinajstić information content (AvgIpc) is 2.12. The lowest BCUT2D eigenvalue weighted by molar-refractivity contribution is -0.128. The number of nitrogens with one attached hydrogen (secondary N) is 3. The van der Waals surface area contributed by atoms with E-state index in [2.05, 4.69) is 16.2 Å². The van der Waals surface area contributed by atoms with Crippen molar-refractivity contribution in [2.45, 2.75) is 26.2 Å². The summed E-state index contributed by atoms with van der Waals surface area (Å²) in [6.07, 6.45) is 2.27. The lowest BCUT2D eigenvalue weighted by Crippen LogP contribution is -2.44. The van der Waals surface area contributed by atoms with Crippen LogP contribution in [0.3, 0.4) is 0 Å². The molecule has 0 atom stereocenters. The van der Waals surface area contributed by atoms with Gasteiger partial charge in [0.15, 0.2) is 0 Å². The van der Waals surface area contributed by atoms with Crippen LogP contribution in [-0.2, 0) is 9.59 Å². The van der Waals surface area contributed by atoms with Gasteiger partial charge in [-0.25, -0.2) is 0 Å². The number of likely N-dealkylation sites (N-methyl/N-ethyl adjacent to an activating group) is 1. The van der Waals surface area contributed by atoms with Gasteiger partial charge in [-0.1, -0.05) is 13.3 Å². The van der Waals surface area contributed by atoms with Crippen molar-refractivity contribution in [3.05, 3.63) is 0 Å². The summed E-state index contributed by atoms with van der Waals surface area (Å²) >= 11 is 0. The maximum absolute atomic E-state index is 11.0. The Kier molecular flexibility index (Phi) is 6.91. The summed E-state index contributed by atoms with van der Waals surface area (Å²) in [6.45, 7) is 2.21. The van der Waals surface area contributed by atoms with Crippen molar-refractivity contribution in [1.82, 2.24) is 16.2 Å². The Labute approximate surface area is 78.2 Å². The van der Waals surface area contributed by atoms with Crippen LogP contribution in [0, 0.1) is 0 Å². The summed E-state index contributed by atoms with van der Waals surface area (Å²) in [5.74, 6) is -0.390. The first-order valence-corrected chi connectivity index (χ1v) is 4.43. The smallest absolute Gasteiger partial charge is 0.252 e. The van der Waals surface area contributed by atoms with Gasteiger partial charge >= 0.3 is 0 Å². The normalized spacial score (nSPS) is 9.38. The molecule has 13 heavy (non-hydrogen) atoms. The van der Waals surface area contributed by atoms with Crippen molar-refractivity contribution in [2.24, 2.45) is 0 Å². The SMILES string of the molecule is CCCCC(=O)NNC(=O)CNC. The number of hydrazine groups is 1. The number of carbonyl (C=O) groups excluding carboxylic acids is 2. The van der Waals surface area contributed by atoms with Crippen LogP contribution in [0.5, 0.6) is 0 Å². The van der Waals surface area contributed by atoms with Gasteiger partial charge < -0.3 is 5.32 Å². The Morgan fingerprint density at radius 2 is 1.77 bits per heavy atom. The second kappa shape index (κ2) is 7.54. The molecule has 0 aliphatic carbocycles. The molecule has 0 heterocycles. The molecule has 0 aromatic rings. The second-order valence-corrected chi connectivity index (χ2v) is 2.73. The summed E-state index contributed by atoms with van der Waals surface area (Å²) in [7, 11) is 1.67. The van der Waals surface area contributed by atoms with Crippen molar-refractivity contribution >= 4 is 11.8 Å². The molecule has 0 bridgehead atoms. The summed E-state index contributed by atoms with van der Waals surface area (Å²) in [5.41, 5.74) is 4.61. The monoisotopic (exact) mass is 187 g/mol. The minimum absolute atomic E-state index is 0.147. The Balaban J connectivity index is 3.40. The first-order valence-electron chi connectivity index (χ1n) is 4.43. The third-order valence-electron chi connectivity index (χ3n) is 1.44. The minimum atomic E-state index is -0.243. The quantitative estimate of drug-likeness (QED) is 0.510. The van der Waals surface area contributed by atoms with Gasteiger partial charge in [-0.3, -0.25) is 20.4 Å². The van der Waals surface area contributed by atoms with Crippen LogP contribution in [0.15, 0.2) is 0 Å². The van der Waals surface area contributed by atoms with E-state index in [1.54, 1.807) is 7.05 Å². The standard InChI is InChI=1S/C8H17N3O2/c1-3-4-5-7(12)10-11-8(13)6-9-2/h9H,3-6H2,1-2H3,(H,10,12)(H,11,13). The molecule has 76 valence electrons. The Morgan fingerprint density at radius 1 is 1.15 bits per heavy atom. The van der Waals surface area contributed by atoms with Crippen LogP contribution in [0.2, 0.25) is 0 Å². The minimum Gasteiger partial charge on any atom is -0.311 e. The van der Waals surface area contributed by atoms with E-state index in [1.807, 2.05) is 6.92 Å². The zero-order chi connectivity index (χ0) is 10.1. The van der Waals surface area contributed by atoms with Gasteiger partial charge in [0.1, 0.15) is 0 Å². The van der Waals surface area contributed by atoms with E-state index in [9.17, 15) is 9.59 Å². The molecule has 0 aliphatic rings. The van der Waals surface area contributed by atoms with E-state index in [0.717, 1.165) is 12.8 Å². The molecule has 0 rings (SSSR count). The van der Waals surface area contributed by atoms with Crippen LogP contribution in [0.4, 0.5) is 0 Å². The third-order valence-corrected chi connectivity index (χ3v) is 1.44. The maximum atomic E-state index is 11.0. The number of hydrogen-bond donors (Lipinski definition) is 3. The molecule has 0 unspecified atom stereocenters.